The van der Waals surface area contributed by atoms with Crippen LogP contribution in [0.5, 0.6) is 0 Å². The van der Waals surface area contributed by atoms with Crippen molar-refractivity contribution in [3.8, 4) is 0 Å². The van der Waals surface area contributed by atoms with Crippen LogP contribution in [0.25, 0.3) is 0 Å². The molecule has 0 N–H and O–H groups in total. The molecule has 0 amide bonds. The second-order valence-electron chi connectivity index (χ2n) is 4.70. The third-order valence-corrected chi connectivity index (χ3v) is 3.39. The van der Waals surface area contributed by atoms with Crippen LogP contribution in [0.15, 0.2) is 30.3 Å². The molecule has 0 bridgehead atoms. The van der Waals surface area contributed by atoms with E-state index in [1.807, 2.05) is 35.2 Å². The van der Waals surface area contributed by atoms with E-state index in [4.69, 9.17) is 9.47 Å². The third kappa shape index (κ3) is 2.46. The molecule has 19 heavy (non-hydrogen) atoms. The molecular weight excluding hydrogens is 246 g/mol. The molecule has 1 aromatic rings. The second kappa shape index (κ2) is 5.40. The molecule has 1 fully saturated rings. The molecule has 1 aromatic carbocycles. The van der Waals surface area contributed by atoms with Crippen molar-refractivity contribution in [2.75, 3.05) is 27.3 Å². The van der Waals surface area contributed by atoms with Gasteiger partial charge in [0.05, 0.1) is 14.2 Å². The zero-order valence-electron chi connectivity index (χ0n) is 11.1. The van der Waals surface area contributed by atoms with Gasteiger partial charge in [-0.2, -0.15) is 0 Å². The van der Waals surface area contributed by atoms with Gasteiger partial charge in [0.2, 0.25) is 0 Å². The van der Waals surface area contributed by atoms with Crippen LogP contribution < -0.4 is 0 Å². The Kier molecular flexibility index (Phi) is 3.85. The predicted octanol–water partition coefficient (Wildman–Crippen LogP) is 0.835. The lowest BCUT2D eigenvalue weighted by Crippen LogP contribution is -2.64. The molecule has 0 aromatic heterocycles. The molecule has 5 heteroatoms. The second-order valence-corrected chi connectivity index (χ2v) is 4.70. The molecule has 0 aliphatic carbocycles. The van der Waals surface area contributed by atoms with Crippen LogP contribution in [-0.4, -0.2) is 44.1 Å². The summed E-state index contributed by atoms with van der Waals surface area (Å²) in [6.07, 6.45) is 0. The van der Waals surface area contributed by atoms with Crippen molar-refractivity contribution in [2.45, 2.75) is 6.54 Å². The van der Waals surface area contributed by atoms with E-state index in [1.54, 1.807) is 0 Å². The van der Waals surface area contributed by atoms with Gasteiger partial charge in [-0.3, -0.25) is 14.5 Å². The van der Waals surface area contributed by atoms with Gasteiger partial charge in [0, 0.05) is 19.6 Å². The van der Waals surface area contributed by atoms with Crippen LogP contribution in [0.4, 0.5) is 0 Å². The maximum Gasteiger partial charge on any atom is 0.325 e. The van der Waals surface area contributed by atoms with Crippen molar-refractivity contribution in [1.82, 2.24) is 4.90 Å². The van der Waals surface area contributed by atoms with E-state index in [-0.39, 0.29) is 0 Å². The molecule has 0 unspecified atom stereocenters. The van der Waals surface area contributed by atoms with Gasteiger partial charge in [0.25, 0.3) is 0 Å². The summed E-state index contributed by atoms with van der Waals surface area (Å²) in [5.41, 5.74) is -0.0102. The molecule has 0 atom stereocenters. The predicted molar refractivity (Wildman–Crippen MR) is 68.2 cm³/mol. The standard InChI is InChI=1S/C14H17NO4/c1-18-12(16)14(13(17)19-2)9-15(10-14)8-11-6-4-3-5-7-11/h3-7H,8-10H2,1-2H3. The Hall–Kier alpha value is -1.88. The number of ether oxygens (including phenoxy) is 2. The van der Waals surface area contributed by atoms with Crippen LogP contribution in [0, 0.1) is 5.41 Å². The number of hydrogen-bond donors (Lipinski definition) is 0. The summed E-state index contributed by atoms with van der Waals surface area (Å²) >= 11 is 0. The molecule has 102 valence electrons. The highest BCUT2D eigenvalue weighted by Gasteiger charge is 2.57. The Labute approximate surface area is 112 Å². The number of carbonyl (C=O) groups is 2. The first-order valence-electron chi connectivity index (χ1n) is 6.05. The Morgan fingerprint density at radius 2 is 1.63 bits per heavy atom. The number of benzene rings is 1. The van der Waals surface area contributed by atoms with Gasteiger partial charge >= 0.3 is 11.9 Å². The van der Waals surface area contributed by atoms with E-state index in [2.05, 4.69) is 0 Å². The summed E-state index contributed by atoms with van der Waals surface area (Å²) < 4.78 is 9.43. The van der Waals surface area contributed by atoms with Gasteiger partial charge < -0.3 is 9.47 Å². The number of esters is 2. The van der Waals surface area contributed by atoms with E-state index in [0.717, 1.165) is 5.56 Å². The van der Waals surface area contributed by atoms with Crippen molar-refractivity contribution in [3.05, 3.63) is 35.9 Å². The van der Waals surface area contributed by atoms with Crippen LogP contribution in [0.1, 0.15) is 5.56 Å². The lowest BCUT2D eigenvalue weighted by molar-refractivity contribution is -0.183. The minimum absolute atomic E-state index is 0.335. The van der Waals surface area contributed by atoms with Crippen LogP contribution >= 0.6 is 0 Å². The van der Waals surface area contributed by atoms with Crippen LogP contribution in [0.2, 0.25) is 0 Å². The summed E-state index contributed by atoms with van der Waals surface area (Å²) in [6.45, 7) is 1.37. The van der Waals surface area contributed by atoms with Gasteiger partial charge in [-0.1, -0.05) is 30.3 Å². The zero-order chi connectivity index (χ0) is 13.9. The fourth-order valence-corrected chi connectivity index (χ4v) is 2.40. The lowest BCUT2D eigenvalue weighted by Gasteiger charge is -2.45. The van der Waals surface area contributed by atoms with Crippen molar-refractivity contribution >= 4 is 11.9 Å². The number of likely N-dealkylation sites (tertiary alicyclic amines) is 1. The lowest BCUT2D eigenvalue weighted by atomic mass is 9.79. The van der Waals surface area contributed by atoms with Crippen molar-refractivity contribution in [2.24, 2.45) is 5.41 Å². The Bertz CT molecular complexity index is 448. The van der Waals surface area contributed by atoms with Crippen molar-refractivity contribution in [3.63, 3.8) is 0 Å². The molecule has 0 saturated carbocycles. The number of hydrogen-bond acceptors (Lipinski definition) is 5. The number of methoxy groups -OCH3 is 2. The smallest absolute Gasteiger partial charge is 0.325 e. The molecular formula is C14H17NO4. The van der Waals surface area contributed by atoms with E-state index in [1.165, 1.54) is 14.2 Å². The summed E-state index contributed by atoms with van der Waals surface area (Å²) in [6, 6.07) is 9.89. The minimum Gasteiger partial charge on any atom is -0.468 e. The molecule has 0 spiro atoms. The first kappa shape index (κ1) is 13.5. The topological polar surface area (TPSA) is 55.8 Å². The molecule has 1 saturated heterocycles. The average molecular weight is 263 g/mol. The largest absolute Gasteiger partial charge is 0.468 e. The van der Waals surface area contributed by atoms with E-state index in [0.29, 0.717) is 19.6 Å². The maximum absolute atomic E-state index is 11.8. The van der Waals surface area contributed by atoms with Crippen molar-refractivity contribution in [1.29, 1.82) is 0 Å². The number of carbonyl (C=O) groups excluding carboxylic acids is 2. The molecule has 1 heterocycles. The monoisotopic (exact) mass is 263 g/mol. The van der Waals surface area contributed by atoms with Gasteiger partial charge in [-0.25, -0.2) is 0 Å². The highest BCUT2D eigenvalue weighted by molar-refractivity contribution is 6.01. The summed E-state index contributed by atoms with van der Waals surface area (Å²) in [4.78, 5) is 25.5. The number of rotatable bonds is 4. The highest BCUT2D eigenvalue weighted by atomic mass is 16.5. The van der Waals surface area contributed by atoms with Crippen molar-refractivity contribution < 1.29 is 19.1 Å². The average Bonchev–Trinajstić information content (AvgIpc) is 2.41. The highest BCUT2D eigenvalue weighted by Crippen LogP contribution is 2.34. The SMILES string of the molecule is COC(=O)C1(C(=O)OC)CN(Cc2ccccc2)C1. The Morgan fingerprint density at radius 3 is 2.11 bits per heavy atom. The van der Waals surface area contributed by atoms with Gasteiger partial charge in [-0.15, -0.1) is 0 Å². The summed E-state index contributed by atoms with van der Waals surface area (Å²) in [5.74, 6) is -1.05. The van der Waals surface area contributed by atoms with Gasteiger partial charge in [0.15, 0.2) is 5.41 Å². The van der Waals surface area contributed by atoms with Gasteiger partial charge in [0.1, 0.15) is 0 Å². The quantitative estimate of drug-likeness (QED) is 0.595. The summed E-state index contributed by atoms with van der Waals surface area (Å²) in [5, 5.41) is 0. The molecule has 2 rings (SSSR count). The molecule has 1 aliphatic heterocycles. The van der Waals surface area contributed by atoms with Crippen LogP contribution in [-0.2, 0) is 25.6 Å². The first-order valence-corrected chi connectivity index (χ1v) is 6.05. The maximum atomic E-state index is 11.8. The Morgan fingerprint density at radius 1 is 1.11 bits per heavy atom. The summed E-state index contributed by atoms with van der Waals surface area (Å²) in [7, 11) is 2.57. The van der Waals surface area contributed by atoms with Gasteiger partial charge in [-0.05, 0) is 5.56 Å². The van der Waals surface area contributed by atoms with E-state index >= 15 is 0 Å². The zero-order valence-corrected chi connectivity index (χ0v) is 11.1. The van der Waals surface area contributed by atoms with E-state index < -0.39 is 17.4 Å². The Balaban J connectivity index is 2.02. The van der Waals surface area contributed by atoms with Crippen LogP contribution in [0.3, 0.4) is 0 Å². The first-order chi connectivity index (χ1) is 9.12. The number of nitrogens with zero attached hydrogens (tertiary/aromatic N) is 1. The molecule has 1 aliphatic rings. The minimum atomic E-state index is -1.15. The fourth-order valence-electron chi connectivity index (χ4n) is 2.40. The molecule has 5 nitrogen and oxygen atoms in total. The molecule has 0 radical (unpaired) electrons. The third-order valence-electron chi connectivity index (χ3n) is 3.39. The van der Waals surface area contributed by atoms with E-state index in [9.17, 15) is 9.59 Å². The normalized spacial score (nSPS) is 17.4. The fraction of sp³-hybridized carbons (Fsp3) is 0.429.